The number of phenols is 1. The number of hydrogen-bond donors (Lipinski definition) is 5. The van der Waals surface area contributed by atoms with E-state index in [0.717, 1.165) is 5.96 Å². The molecule has 0 aliphatic carbocycles. The van der Waals surface area contributed by atoms with Gasteiger partial charge in [0.05, 0.1) is 11.6 Å². The van der Waals surface area contributed by atoms with Crippen LogP contribution >= 0.6 is 7.72 Å². The van der Waals surface area contributed by atoms with Crippen molar-refractivity contribution < 1.29 is 34.7 Å². The molecule has 0 aliphatic heterocycles. The van der Waals surface area contributed by atoms with Gasteiger partial charge in [0, 0.05) is 6.42 Å². The molecule has 1 aromatic rings. The summed E-state index contributed by atoms with van der Waals surface area (Å²) in [7, 11) is -3.72. The van der Waals surface area contributed by atoms with E-state index in [2.05, 4.69) is 4.99 Å². The van der Waals surface area contributed by atoms with Crippen molar-refractivity contribution in [1.82, 2.24) is 0 Å². The number of benzene rings is 1. The molecule has 0 radical (unpaired) electrons. The van der Waals surface area contributed by atoms with E-state index in [0.29, 0.717) is 5.69 Å². The summed E-state index contributed by atoms with van der Waals surface area (Å²) < 4.78 is 0. The van der Waals surface area contributed by atoms with Gasteiger partial charge in [0.25, 0.3) is 0 Å². The third-order valence-corrected chi connectivity index (χ3v) is 4.25. The topological polar surface area (TPSA) is 148 Å². The normalized spacial score (nSPS) is 13.2. The summed E-state index contributed by atoms with van der Waals surface area (Å²) in [4.78, 5) is 45.1. The zero-order valence-electron chi connectivity index (χ0n) is 11.5. The van der Waals surface area contributed by atoms with Gasteiger partial charge in [0.2, 0.25) is 5.96 Å². The Balaban J connectivity index is 2.72. The number of aliphatic imine (C=N–C) groups is 1. The molecule has 1 atom stereocenters. The van der Waals surface area contributed by atoms with E-state index in [-0.39, 0.29) is 18.6 Å². The minimum atomic E-state index is -3.72. The van der Waals surface area contributed by atoms with Crippen LogP contribution < -0.4 is 0 Å². The highest BCUT2D eigenvalue weighted by molar-refractivity contribution is 7.79. The molecule has 0 bridgehead atoms. The number of phenolic OH excluding ortho intramolecular Hbond substituents is 1. The average molecular weight is 330 g/mol. The molecule has 0 saturated carbocycles. The van der Waals surface area contributed by atoms with Crippen LogP contribution in [0.1, 0.15) is 12.8 Å². The van der Waals surface area contributed by atoms with E-state index in [1.165, 1.54) is 24.3 Å². The van der Waals surface area contributed by atoms with Crippen molar-refractivity contribution in [3.05, 3.63) is 24.3 Å². The quantitative estimate of drug-likeness (QED) is 0.358. The van der Waals surface area contributed by atoms with Crippen molar-refractivity contribution in [3.63, 3.8) is 0 Å². The number of aromatic hydroxyl groups is 1. The van der Waals surface area contributed by atoms with Crippen LogP contribution in [0.3, 0.4) is 0 Å². The van der Waals surface area contributed by atoms with Crippen molar-refractivity contribution >= 4 is 31.3 Å². The maximum Gasteiger partial charge on any atom is 0.312 e. The second-order valence-electron chi connectivity index (χ2n) is 4.70. The molecule has 1 unspecified atom stereocenters. The Kier molecular flexibility index (Phi) is 6.42. The second-order valence-corrected chi connectivity index (χ2v) is 6.86. The van der Waals surface area contributed by atoms with Gasteiger partial charge in [-0.1, -0.05) is 0 Å². The molecule has 9 heteroatoms. The Labute approximate surface area is 126 Å². The lowest BCUT2D eigenvalue weighted by atomic mass is 10.1. The lowest BCUT2D eigenvalue weighted by Gasteiger charge is -2.13. The first-order chi connectivity index (χ1) is 10.2. The van der Waals surface area contributed by atoms with Crippen LogP contribution in [0.15, 0.2) is 29.3 Å². The first-order valence-corrected chi connectivity index (χ1v) is 8.26. The van der Waals surface area contributed by atoms with Crippen molar-refractivity contribution in [2.24, 2.45) is 10.9 Å². The smallest absolute Gasteiger partial charge is 0.312 e. The van der Waals surface area contributed by atoms with Gasteiger partial charge in [0.15, 0.2) is 0 Å². The summed E-state index contributed by atoms with van der Waals surface area (Å²) in [6, 6.07) is 5.64. The second kappa shape index (κ2) is 7.84. The van der Waals surface area contributed by atoms with Crippen LogP contribution in [-0.4, -0.2) is 49.2 Å². The third-order valence-electron chi connectivity index (χ3n) is 2.79. The van der Waals surface area contributed by atoms with Gasteiger partial charge in [-0.3, -0.25) is 9.59 Å². The van der Waals surface area contributed by atoms with Gasteiger partial charge in [-0.05, 0) is 30.7 Å². The van der Waals surface area contributed by atoms with Gasteiger partial charge in [0.1, 0.15) is 11.9 Å². The molecule has 1 rings (SSSR count). The van der Waals surface area contributed by atoms with E-state index in [1.807, 2.05) is 0 Å². The molecule has 0 heterocycles. The highest BCUT2D eigenvalue weighted by Crippen LogP contribution is 2.49. The molecular formula is C13H17NO7P+. The predicted molar refractivity (Wildman–Crippen MR) is 80.5 cm³/mol. The summed E-state index contributed by atoms with van der Waals surface area (Å²) in [6.45, 7) is 0. The largest absolute Gasteiger partial charge is 0.508 e. The summed E-state index contributed by atoms with van der Waals surface area (Å²) in [6.07, 6.45) is -1.04. The molecular weight excluding hydrogens is 313 g/mol. The zero-order chi connectivity index (χ0) is 16.8. The van der Waals surface area contributed by atoms with Gasteiger partial charge in [-0.15, -0.1) is 0 Å². The maximum absolute atomic E-state index is 11.0. The van der Waals surface area contributed by atoms with Gasteiger partial charge in [-0.2, -0.15) is 0 Å². The lowest BCUT2D eigenvalue weighted by Crippen LogP contribution is -2.21. The zero-order valence-corrected chi connectivity index (χ0v) is 12.4. The van der Waals surface area contributed by atoms with E-state index < -0.39 is 31.7 Å². The number of rotatable bonds is 8. The molecule has 0 spiro atoms. The van der Waals surface area contributed by atoms with Crippen LogP contribution in [0.25, 0.3) is 0 Å². The number of carboxylic acid groups (broad SMARTS) is 2. The van der Waals surface area contributed by atoms with Crippen LogP contribution in [0.5, 0.6) is 5.75 Å². The summed E-state index contributed by atoms with van der Waals surface area (Å²) in [5, 5.41) is 26.7. The van der Waals surface area contributed by atoms with Crippen LogP contribution in [0.2, 0.25) is 0 Å². The van der Waals surface area contributed by atoms with Gasteiger partial charge in [-0.25, -0.2) is 14.8 Å². The minimum absolute atomic E-state index is 0.0348. The van der Waals surface area contributed by atoms with Crippen LogP contribution in [0.4, 0.5) is 5.69 Å². The molecule has 0 saturated heterocycles. The van der Waals surface area contributed by atoms with Crippen molar-refractivity contribution in [3.8, 4) is 5.75 Å². The highest BCUT2D eigenvalue weighted by atomic mass is 31.2. The molecule has 0 aliphatic rings. The van der Waals surface area contributed by atoms with E-state index >= 15 is 0 Å². The average Bonchev–Trinajstić information content (AvgIpc) is 2.42. The SMILES string of the molecule is O=C(O)CCC(C[P+](O)(O)C=Nc1ccc(O)cc1)C(=O)O. The van der Waals surface area contributed by atoms with E-state index in [9.17, 15) is 19.4 Å². The fourth-order valence-electron chi connectivity index (χ4n) is 1.66. The Morgan fingerprint density at radius 3 is 2.27 bits per heavy atom. The number of carboxylic acids is 2. The summed E-state index contributed by atoms with van der Waals surface area (Å²) in [5.74, 6) is -2.69. The molecule has 0 fully saturated rings. The van der Waals surface area contributed by atoms with Gasteiger partial charge >= 0.3 is 19.7 Å². The van der Waals surface area contributed by atoms with Crippen molar-refractivity contribution in [1.29, 1.82) is 0 Å². The lowest BCUT2D eigenvalue weighted by molar-refractivity contribution is -0.142. The monoisotopic (exact) mass is 330 g/mol. The Hall–Kier alpha value is -2.02. The van der Waals surface area contributed by atoms with Crippen molar-refractivity contribution in [2.45, 2.75) is 12.8 Å². The Morgan fingerprint density at radius 2 is 1.77 bits per heavy atom. The number of aliphatic carboxylic acids is 2. The molecule has 1 aromatic carbocycles. The Morgan fingerprint density at radius 1 is 1.18 bits per heavy atom. The van der Waals surface area contributed by atoms with E-state index in [4.69, 9.17) is 15.3 Å². The molecule has 8 nitrogen and oxygen atoms in total. The summed E-state index contributed by atoms with van der Waals surface area (Å²) in [5.41, 5.74) is 0.364. The van der Waals surface area contributed by atoms with Gasteiger partial charge < -0.3 is 15.3 Å². The third kappa shape index (κ3) is 6.62. The van der Waals surface area contributed by atoms with E-state index in [1.54, 1.807) is 0 Å². The standard InChI is InChI=1S/C13H16NO7P/c15-11-4-2-10(3-5-11)14-8-22(20,21)7-9(13(18)19)1-6-12(16)17/h2-5,8-9,20-21H,1,6-7H2,(H2-,15,16,17,18,19)/p+1. The predicted octanol–water partition coefficient (Wildman–Crippen LogP) is 1.45. The summed E-state index contributed by atoms with van der Waals surface area (Å²) >= 11 is 0. The molecule has 120 valence electrons. The van der Waals surface area contributed by atoms with Crippen LogP contribution in [-0.2, 0) is 9.59 Å². The minimum Gasteiger partial charge on any atom is -0.508 e. The first-order valence-electron chi connectivity index (χ1n) is 6.32. The fourth-order valence-corrected chi connectivity index (χ4v) is 3.06. The highest BCUT2D eigenvalue weighted by Gasteiger charge is 2.38. The maximum atomic E-state index is 11.0. The van der Waals surface area contributed by atoms with Crippen molar-refractivity contribution in [2.75, 3.05) is 6.16 Å². The first kappa shape index (κ1) is 18.0. The molecule has 0 aromatic heterocycles. The molecule has 0 amide bonds. The number of nitrogens with zero attached hydrogens (tertiary/aromatic N) is 1. The van der Waals surface area contributed by atoms with Crippen LogP contribution in [0, 0.1) is 5.92 Å². The Bertz CT molecular complexity index is 556. The number of hydrogen-bond acceptors (Lipinski definition) is 6. The molecule has 22 heavy (non-hydrogen) atoms. The number of carbonyl (C=O) groups is 2. The molecule has 5 N–H and O–H groups in total. The fraction of sp³-hybridized carbons (Fsp3) is 0.308.